The number of rotatable bonds is 4. The number of allylic oxidation sites excluding steroid dienone is 1. The minimum absolute atomic E-state index is 0.411. The predicted octanol–water partition coefficient (Wildman–Crippen LogP) is 1.96. The van der Waals surface area contributed by atoms with Gasteiger partial charge in [-0.05, 0) is 11.6 Å². The van der Waals surface area contributed by atoms with Gasteiger partial charge >= 0.3 is 0 Å². The first-order valence-corrected chi connectivity index (χ1v) is 4.99. The molecule has 0 radical (unpaired) electrons. The zero-order valence-corrected chi connectivity index (χ0v) is 9.81. The summed E-state index contributed by atoms with van der Waals surface area (Å²) in [6.07, 6.45) is 3.06. The maximum absolute atomic E-state index is 10.4. The van der Waals surface area contributed by atoms with Crippen LogP contribution in [-0.4, -0.2) is 28.9 Å². The quantitative estimate of drug-likeness (QED) is 0.459. The minimum Gasteiger partial charge on any atom is -0.376 e. The number of halogens is 1. The molecule has 86 valence electrons. The molecule has 0 spiro atoms. The van der Waals surface area contributed by atoms with E-state index in [0.29, 0.717) is 17.3 Å². The molecule has 0 aliphatic rings. The van der Waals surface area contributed by atoms with Crippen molar-refractivity contribution < 1.29 is 4.92 Å². The highest BCUT2D eigenvalue weighted by molar-refractivity contribution is 6.29. The number of hydrogen-bond acceptors (Lipinski definition) is 4. The lowest BCUT2D eigenvalue weighted by Gasteiger charge is -2.14. The number of hydrogen-bond donors (Lipinski definition) is 0. The van der Waals surface area contributed by atoms with Crippen molar-refractivity contribution in [3.05, 3.63) is 51.1 Å². The van der Waals surface area contributed by atoms with Crippen LogP contribution in [0.4, 0.5) is 0 Å². The Morgan fingerprint density at radius 2 is 2.31 bits per heavy atom. The summed E-state index contributed by atoms with van der Waals surface area (Å²) in [6.45, 7) is 0. The molecule has 1 aromatic heterocycles. The highest BCUT2D eigenvalue weighted by atomic mass is 35.5. The number of aromatic nitrogens is 1. The number of nitrogens with zero attached hydrogens (tertiary/aromatic N) is 3. The van der Waals surface area contributed by atoms with Gasteiger partial charge in [0.25, 0.3) is 6.20 Å². The second-order valence-corrected chi connectivity index (χ2v) is 3.85. The van der Waals surface area contributed by atoms with Crippen LogP contribution in [0.1, 0.15) is 5.56 Å². The Morgan fingerprint density at radius 3 is 2.75 bits per heavy atom. The molecule has 0 N–H and O–H groups in total. The van der Waals surface area contributed by atoms with Crippen LogP contribution in [0.3, 0.4) is 0 Å². The normalized spacial score (nSPS) is 11.3. The number of nitro groups is 1. The molecule has 5 nitrogen and oxygen atoms in total. The fraction of sp³-hybridized carbons (Fsp3) is 0.300. The Labute approximate surface area is 98.5 Å². The van der Waals surface area contributed by atoms with Gasteiger partial charge in [-0.15, -0.1) is 0 Å². The van der Waals surface area contributed by atoms with Gasteiger partial charge in [-0.3, -0.25) is 10.1 Å². The number of likely N-dealkylation sites (N-methyl/N-ethyl adjacent to an activating group) is 1. The van der Waals surface area contributed by atoms with Gasteiger partial charge in [0.05, 0.1) is 10.6 Å². The summed E-state index contributed by atoms with van der Waals surface area (Å²) in [5, 5.41) is 10.8. The van der Waals surface area contributed by atoms with Crippen molar-refractivity contribution in [3.8, 4) is 0 Å². The second-order valence-electron chi connectivity index (χ2n) is 3.47. The van der Waals surface area contributed by atoms with Crippen LogP contribution in [0, 0.1) is 10.1 Å². The highest BCUT2D eigenvalue weighted by Gasteiger charge is 2.07. The van der Waals surface area contributed by atoms with Gasteiger partial charge in [-0.25, -0.2) is 4.98 Å². The van der Waals surface area contributed by atoms with E-state index in [2.05, 4.69) is 4.98 Å². The summed E-state index contributed by atoms with van der Waals surface area (Å²) in [5.41, 5.74) is 1.49. The third-order valence-electron chi connectivity index (χ3n) is 2.00. The average molecular weight is 242 g/mol. The molecule has 0 bridgehead atoms. The van der Waals surface area contributed by atoms with Crippen molar-refractivity contribution in [1.82, 2.24) is 9.88 Å². The van der Waals surface area contributed by atoms with Crippen molar-refractivity contribution >= 4 is 11.6 Å². The maximum atomic E-state index is 10.4. The Kier molecular flexibility index (Phi) is 4.25. The van der Waals surface area contributed by atoms with Crippen LogP contribution in [0.25, 0.3) is 0 Å². The summed E-state index contributed by atoms with van der Waals surface area (Å²) in [5.74, 6) is 0. The lowest BCUT2D eigenvalue weighted by Crippen LogP contribution is -2.14. The van der Waals surface area contributed by atoms with Crippen LogP contribution >= 0.6 is 11.6 Å². The van der Waals surface area contributed by atoms with E-state index in [1.807, 2.05) is 0 Å². The summed E-state index contributed by atoms with van der Waals surface area (Å²) >= 11 is 5.65. The van der Waals surface area contributed by atoms with Gasteiger partial charge in [-0.1, -0.05) is 17.7 Å². The Hall–Kier alpha value is -1.62. The smallest absolute Gasteiger partial charge is 0.253 e. The fourth-order valence-electron chi connectivity index (χ4n) is 1.16. The minimum atomic E-state index is -0.460. The van der Waals surface area contributed by atoms with Crippen molar-refractivity contribution in [2.75, 3.05) is 14.1 Å². The van der Waals surface area contributed by atoms with Crippen LogP contribution < -0.4 is 0 Å². The Morgan fingerprint density at radius 1 is 1.62 bits per heavy atom. The van der Waals surface area contributed by atoms with E-state index < -0.39 is 4.92 Å². The van der Waals surface area contributed by atoms with Gasteiger partial charge in [0, 0.05) is 26.7 Å². The maximum Gasteiger partial charge on any atom is 0.253 e. The van der Waals surface area contributed by atoms with Gasteiger partial charge < -0.3 is 4.90 Å². The molecule has 0 unspecified atom stereocenters. The van der Waals surface area contributed by atoms with Crippen molar-refractivity contribution in [2.45, 2.75) is 6.42 Å². The number of pyridine rings is 1. The molecule has 0 aliphatic heterocycles. The molecule has 0 atom stereocenters. The first kappa shape index (κ1) is 12.4. The van der Waals surface area contributed by atoms with E-state index in [-0.39, 0.29) is 0 Å². The predicted molar refractivity (Wildman–Crippen MR) is 61.7 cm³/mol. The SMILES string of the molecule is CN(C)/C(=C\[N+](=O)[O-])Cc1ccc(Cl)nc1. The molecule has 0 saturated heterocycles. The van der Waals surface area contributed by atoms with E-state index in [0.717, 1.165) is 11.8 Å². The molecule has 0 aromatic carbocycles. The molecule has 0 aliphatic carbocycles. The third-order valence-corrected chi connectivity index (χ3v) is 2.23. The third kappa shape index (κ3) is 3.86. The van der Waals surface area contributed by atoms with Crippen LogP contribution in [0.2, 0.25) is 5.15 Å². The van der Waals surface area contributed by atoms with Crippen LogP contribution in [-0.2, 0) is 6.42 Å². The van der Waals surface area contributed by atoms with Crippen molar-refractivity contribution in [2.24, 2.45) is 0 Å². The molecular formula is C10H12ClN3O2. The molecule has 1 heterocycles. The van der Waals surface area contributed by atoms with Gasteiger partial charge in [0.15, 0.2) is 0 Å². The monoisotopic (exact) mass is 241 g/mol. The molecule has 1 rings (SSSR count). The second kappa shape index (κ2) is 5.46. The largest absolute Gasteiger partial charge is 0.376 e. The first-order chi connectivity index (χ1) is 7.49. The standard InChI is InChI=1S/C10H12ClN3O2/c1-13(2)9(7-14(15)16)5-8-3-4-10(11)12-6-8/h3-4,6-7H,5H2,1-2H3/b9-7-. The molecule has 0 fully saturated rings. The molecule has 6 heteroatoms. The lowest BCUT2D eigenvalue weighted by molar-refractivity contribution is -0.404. The summed E-state index contributed by atoms with van der Waals surface area (Å²) < 4.78 is 0. The summed E-state index contributed by atoms with van der Waals surface area (Å²) in [7, 11) is 3.53. The van der Waals surface area contributed by atoms with Crippen LogP contribution in [0.15, 0.2) is 30.2 Å². The van der Waals surface area contributed by atoms with E-state index >= 15 is 0 Å². The van der Waals surface area contributed by atoms with Gasteiger partial charge in [0.2, 0.25) is 0 Å². The topological polar surface area (TPSA) is 59.3 Å². The highest BCUT2D eigenvalue weighted by Crippen LogP contribution is 2.11. The lowest BCUT2D eigenvalue weighted by atomic mass is 10.1. The average Bonchev–Trinajstić information content (AvgIpc) is 2.19. The van der Waals surface area contributed by atoms with Crippen molar-refractivity contribution in [1.29, 1.82) is 0 Å². The van der Waals surface area contributed by atoms with E-state index in [9.17, 15) is 10.1 Å². The Bertz CT molecular complexity index is 401. The van der Waals surface area contributed by atoms with Crippen molar-refractivity contribution in [3.63, 3.8) is 0 Å². The fourth-order valence-corrected chi connectivity index (χ4v) is 1.27. The first-order valence-electron chi connectivity index (χ1n) is 4.61. The zero-order valence-electron chi connectivity index (χ0n) is 9.05. The van der Waals surface area contributed by atoms with E-state index in [1.165, 1.54) is 0 Å². The Balaban J connectivity index is 2.84. The summed E-state index contributed by atoms with van der Waals surface area (Å²) in [4.78, 5) is 15.6. The van der Waals surface area contributed by atoms with E-state index in [4.69, 9.17) is 11.6 Å². The van der Waals surface area contributed by atoms with Gasteiger partial charge in [-0.2, -0.15) is 0 Å². The molecule has 1 aromatic rings. The van der Waals surface area contributed by atoms with Crippen LogP contribution in [0.5, 0.6) is 0 Å². The molecule has 16 heavy (non-hydrogen) atoms. The molecule has 0 saturated carbocycles. The molecular weight excluding hydrogens is 230 g/mol. The van der Waals surface area contributed by atoms with Gasteiger partial charge in [0.1, 0.15) is 5.15 Å². The zero-order chi connectivity index (χ0) is 12.1. The molecule has 0 amide bonds. The van der Waals surface area contributed by atoms with E-state index in [1.54, 1.807) is 37.3 Å². The summed E-state index contributed by atoms with van der Waals surface area (Å²) in [6, 6.07) is 3.46.